The monoisotopic (exact) mass is 338 g/mol. The Morgan fingerprint density at radius 2 is 2.04 bits per heavy atom. The Hall–Kier alpha value is -2.94. The Balaban J connectivity index is 1.64. The SMILES string of the molecule is CCOc1ccc(C#N)cc1NC(=O)N1CCC(n2cccc2)CC1. The lowest BCUT2D eigenvalue weighted by Crippen LogP contribution is -2.41. The maximum absolute atomic E-state index is 12.6. The van der Waals surface area contributed by atoms with Gasteiger partial charge in [-0.15, -0.1) is 0 Å². The Bertz CT molecular complexity index is 756. The highest BCUT2D eigenvalue weighted by atomic mass is 16.5. The van der Waals surface area contributed by atoms with E-state index in [1.54, 1.807) is 18.2 Å². The molecule has 0 unspecified atom stereocenters. The van der Waals surface area contributed by atoms with Gasteiger partial charge in [-0.3, -0.25) is 0 Å². The molecule has 2 heterocycles. The summed E-state index contributed by atoms with van der Waals surface area (Å²) in [6.07, 6.45) is 6.00. The molecule has 1 aromatic heterocycles. The third kappa shape index (κ3) is 3.94. The van der Waals surface area contributed by atoms with E-state index in [0.29, 0.717) is 42.7 Å². The van der Waals surface area contributed by atoms with Crippen molar-refractivity contribution in [1.82, 2.24) is 9.47 Å². The van der Waals surface area contributed by atoms with Crippen LogP contribution in [0.5, 0.6) is 5.75 Å². The fourth-order valence-electron chi connectivity index (χ4n) is 3.13. The standard InChI is InChI=1S/C19H22N4O2/c1-2-25-18-6-5-15(14-20)13-17(18)21-19(24)23-11-7-16(8-12-23)22-9-3-4-10-22/h3-6,9-10,13,16H,2,7-8,11-12H2,1H3,(H,21,24). The number of nitriles is 1. The van der Waals surface area contributed by atoms with E-state index in [0.717, 1.165) is 12.8 Å². The van der Waals surface area contributed by atoms with Crippen LogP contribution in [0.4, 0.5) is 10.5 Å². The molecule has 1 aromatic carbocycles. The van der Waals surface area contributed by atoms with Crippen LogP contribution in [0, 0.1) is 11.3 Å². The zero-order valence-electron chi connectivity index (χ0n) is 14.3. The topological polar surface area (TPSA) is 70.3 Å². The highest BCUT2D eigenvalue weighted by molar-refractivity contribution is 5.91. The molecule has 1 saturated heterocycles. The van der Waals surface area contributed by atoms with E-state index >= 15 is 0 Å². The van der Waals surface area contributed by atoms with Crippen molar-refractivity contribution >= 4 is 11.7 Å². The van der Waals surface area contributed by atoms with Gasteiger partial charge in [0.2, 0.25) is 0 Å². The number of rotatable bonds is 4. The van der Waals surface area contributed by atoms with Crippen molar-refractivity contribution in [2.45, 2.75) is 25.8 Å². The highest BCUT2D eigenvalue weighted by Crippen LogP contribution is 2.27. The molecule has 0 saturated carbocycles. The molecule has 0 aliphatic carbocycles. The molecule has 6 nitrogen and oxygen atoms in total. The minimum atomic E-state index is -0.151. The van der Waals surface area contributed by atoms with Crippen LogP contribution in [-0.4, -0.2) is 35.2 Å². The van der Waals surface area contributed by atoms with Crippen LogP contribution >= 0.6 is 0 Å². The maximum atomic E-state index is 12.6. The number of carbonyl (C=O) groups excluding carboxylic acids is 1. The van der Waals surface area contributed by atoms with E-state index in [9.17, 15) is 4.79 Å². The Labute approximate surface area is 147 Å². The lowest BCUT2D eigenvalue weighted by atomic mass is 10.1. The summed E-state index contributed by atoms with van der Waals surface area (Å²) in [6, 6.07) is 11.5. The predicted molar refractivity (Wildman–Crippen MR) is 95.6 cm³/mol. The maximum Gasteiger partial charge on any atom is 0.321 e. The second-order valence-corrected chi connectivity index (χ2v) is 6.03. The summed E-state index contributed by atoms with van der Waals surface area (Å²) < 4.78 is 7.75. The third-order valence-corrected chi connectivity index (χ3v) is 4.45. The number of urea groups is 1. The number of nitrogens with zero attached hydrogens (tertiary/aromatic N) is 3. The molecule has 0 atom stereocenters. The van der Waals surface area contributed by atoms with Crippen LogP contribution in [0.2, 0.25) is 0 Å². The van der Waals surface area contributed by atoms with Gasteiger partial charge in [-0.05, 0) is 50.1 Å². The van der Waals surface area contributed by atoms with Crippen LogP contribution in [0.15, 0.2) is 42.7 Å². The first-order valence-electron chi connectivity index (χ1n) is 8.56. The molecule has 0 spiro atoms. The minimum Gasteiger partial charge on any atom is -0.492 e. The van der Waals surface area contributed by atoms with Crippen LogP contribution < -0.4 is 10.1 Å². The smallest absolute Gasteiger partial charge is 0.321 e. The van der Waals surface area contributed by atoms with Gasteiger partial charge in [0, 0.05) is 31.5 Å². The number of hydrogen-bond acceptors (Lipinski definition) is 3. The quantitative estimate of drug-likeness (QED) is 0.925. The van der Waals surface area contributed by atoms with Gasteiger partial charge in [0.25, 0.3) is 0 Å². The lowest BCUT2D eigenvalue weighted by molar-refractivity contribution is 0.183. The number of piperidine rings is 1. The molecule has 2 aromatic rings. The number of anilines is 1. The van der Waals surface area contributed by atoms with Crippen LogP contribution in [0.3, 0.4) is 0 Å². The number of likely N-dealkylation sites (tertiary alicyclic amines) is 1. The fourth-order valence-corrected chi connectivity index (χ4v) is 3.13. The minimum absolute atomic E-state index is 0.151. The lowest BCUT2D eigenvalue weighted by Gasteiger charge is -2.33. The molecule has 1 aliphatic heterocycles. The summed E-state index contributed by atoms with van der Waals surface area (Å²) >= 11 is 0. The zero-order valence-corrected chi connectivity index (χ0v) is 14.3. The van der Waals surface area contributed by atoms with E-state index < -0.39 is 0 Å². The van der Waals surface area contributed by atoms with Crippen molar-refractivity contribution in [3.8, 4) is 11.8 Å². The van der Waals surface area contributed by atoms with Gasteiger partial charge in [0.05, 0.1) is 23.9 Å². The van der Waals surface area contributed by atoms with Gasteiger partial charge in [0.1, 0.15) is 5.75 Å². The normalized spacial score (nSPS) is 14.8. The number of hydrogen-bond donors (Lipinski definition) is 1. The van der Waals surface area contributed by atoms with Crippen molar-refractivity contribution in [1.29, 1.82) is 5.26 Å². The number of aromatic nitrogens is 1. The number of nitrogens with one attached hydrogen (secondary N) is 1. The molecule has 2 amide bonds. The molecule has 130 valence electrons. The largest absolute Gasteiger partial charge is 0.492 e. The average molecular weight is 338 g/mol. The van der Waals surface area contributed by atoms with Crippen molar-refractivity contribution in [2.75, 3.05) is 25.0 Å². The van der Waals surface area contributed by atoms with E-state index in [-0.39, 0.29) is 6.03 Å². The Kier molecular flexibility index (Phi) is 5.24. The van der Waals surface area contributed by atoms with Crippen molar-refractivity contribution in [3.05, 3.63) is 48.3 Å². The van der Waals surface area contributed by atoms with Gasteiger partial charge in [-0.2, -0.15) is 5.26 Å². The summed E-state index contributed by atoms with van der Waals surface area (Å²) in [6.45, 7) is 3.79. The van der Waals surface area contributed by atoms with Crippen LogP contribution in [0.25, 0.3) is 0 Å². The van der Waals surface area contributed by atoms with Gasteiger partial charge >= 0.3 is 6.03 Å². The van der Waals surface area contributed by atoms with Crippen molar-refractivity contribution in [2.24, 2.45) is 0 Å². The average Bonchev–Trinajstić information content (AvgIpc) is 3.18. The summed E-state index contributed by atoms with van der Waals surface area (Å²) in [5, 5.41) is 12.0. The molecule has 3 rings (SSSR count). The molecular weight excluding hydrogens is 316 g/mol. The van der Waals surface area contributed by atoms with Gasteiger partial charge in [-0.25, -0.2) is 4.79 Å². The molecule has 0 bridgehead atoms. The van der Waals surface area contributed by atoms with Crippen LogP contribution in [0.1, 0.15) is 31.4 Å². The fraction of sp³-hybridized carbons (Fsp3) is 0.368. The molecular formula is C19H22N4O2. The van der Waals surface area contributed by atoms with E-state index in [1.807, 2.05) is 24.0 Å². The molecule has 1 fully saturated rings. The molecule has 1 aliphatic rings. The molecule has 6 heteroatoms. The highest BCUT2D eigenvalue weighted by Gasteiger charge is 2.24. The summed E-state index contributed by atoms with van der Waals surface area (Å²) in [4.78, 5) is 14.4. The van der Waals surface area contributed by atoms with E-state index in [4.69, 9.17) is 10.00 Å². The first-order chi connectivity index (χ1) is 12.2. The number of benzene rings is 1. The van der Waals surface area contributed by atoms with Crippen molar-refractivity contribution < 1.29 is 9.53 Å². The third-order valence-electron chi connectivity index (χ3n) is 4.45. The second-order valence-electron chi connectivity index (χ2n) is 6.03. The van der Waals surface area contributed by atoms with Gasteiger partial charge in [0.15, 0.2) is 0 Å². The Morgan fingerprint density at radius 1 is 1.32 bits per heavy atom. The van der Waals surface area contributed by atoms with E-state index in [1.165, 1.54) is 0 Å². The Morgan fingerprint density at radius 3 is 2.68 bits per heavy atom. The molecule has 25 heavy (non-hydrogen) atoms. The summed E-state index contributed by atoms with van der Waals surface area (Å²) in [7, 11) is 0. The molecule has 0 radical (unpaired) electrons. The first kappa shape index (κ1) is 16.9. The predicted octanol–water partition coefficient (Wildman–Crippen LogP) is 3.63. The van der Waals surface area contributed by atoms with E-state index in [2.05, 4.69) is 28.3 Å². The number of amides is 2. The van der Waals surface area contributed by atoms with Crippen LogP contribution in [-0.2, 0) is 0 Å². The number of ether oxygens (including phenoxy) is 1. The second kappa shape index (κ2) is 7.75. The van der Waals surface area contributed by atoms with Crippen molar-refractivity contribution in [3.63, 3.8) is 0 Å². The number of carbonyl (C=O) groups is 1. The first-order valence-corrected chi connectivity index (χ1v) is 8.56. The van der Waals surface area contributed by atoms with Gasteiger partial charge < -0.3 is 19.5 Å². The summed E-state index contributed by atoms with van der Waals surface area (Å²) in [5.74, 6) is 0.581. The van der Waals surface area contributed by atoms with Gasteiger partial charge in [-0.1, -0.05) is 0 Å². The summed E-state index contributed by atoms with van der Waals surface area (Å²) in [5.41, 5.74) is 1.03. The molecule has 1 N–H and O–H groups in total. The zero-order chi connectivity index (χ0) is 17.6.